The molecule has 17 heavy (non-hydrogen) atoms. The molecule has 1 aliphatic carbocycles. The molecule has 2 atom stereocenters. The maximum absolute atomic E-state index is 12.4. The van der Waals surface area contributed by atoms with Gasteiger partial charge in [0.1, 0.15) is 12.1 Å². The third-order valence-corrected chi connectivity index (χ3v) is 4.48. The molecule has 0 aromatic carbocycles. The van der Waals surface area contributed by atoms with Gasteiger partial charge in [0, 0.05) is 5.54 Å². The largest absolute Gasteiger partial charge is 0.343 e. The molecule has 2 rings (SSSR count). The highest BCUT2D eigenvalue weighted by atomic mass is 16.2. The lowest BCUT2D eigenvalue weighted by molar-refractivity contribution is -0.161. The van der Waals surface area contributed by atoms with E-state index in [1.807, 2.05) is 18.7 Å². The van der Waals surface area contributed by atoms with Crippen LogP contribution in [-0.2, 0) is 9.59 Å². The van der Waals surface area contributed by atoms with Gasteiger partial charge in [-0.25, -0.2) is 0 Å². The summed E-state index contributed by atoms with van der Waals surface area (Å²) < 4.78 is 0. The van der Waals surface area contributed by atoms with Gasteiger partial charge in [-0.2, -0.15) is 0 Å². The predicted octanol–water partition coefficient (Wildman–Crippen LogP) is 1.44. The molecule has 1 heterocycles. The Kier molecular flexibility index (Phi) is 3.15. The van der Waals surface area contributed by atoms with E-state index in [-0.39, 0.29) is 29.4 Å². The molecule has 1 saturated heterocycles. The van der Waals surface area contributed by atoms with E-state index >= 15 is 0 Å². The second-order valence-corrected chi connectivity index (χ2v) is 5.29. The van der Waals surface area contributed by atoms with Crippen LogP contribution < -0.4 is 5.32 Å². The zero-order valence-electron chi connectivity index (χ0n) is 11.0. The first kappa shape index (κ1) is 12.4. The average Bonchev–Trinajstić information content (AvgIpc) is 2.27. The van der Waals surface area contributed by atoms with Gasteiger partial charge in [-0.15, -0.1) is 0 Å². The summed E-state index contributed by atoms with van der Waals surface area (Å²) in [5.41, 5.74) is -0.0400. The highest BCUT2D eigenvalue weighted by Crippen LogP contribution is 2.42. The Morgan fingerprint density at radius 1 is 1.35 bits per heavy atom. The lowest BCUT2D eigenvalue weighted by Gasteiger charge is -2.54. The van der Waals surface area contributed by atoms with E-state index in [0.717, 1.165) is 19.3 Å². The number of carbonyl (C=O) groups is 2. The zero-order chi connectivity index (χ0) is 12.6. The van der Waals surface area contributed by atoms with E-state index in [4.69, 9.17) is 0 Å². The molecule has 96 valence electrons. The van der Waals surface area contributed by atoms with Crippen LogP contribution in [0.15, 0.2) is 0 Å². The average molecular weight is 238 g/mol. The van der Waals surface area contributed by atoms with E-state index in [2.05, 4.69) is 12.2 Å². The first-order chi connectivity index (χ1) is 8.05. The van der Waals surface area contributed by atoms with Crippen LogP contribution in [0.25, 0.3) is 0 Å². The molecule has 2 amide bonds. The van der Waals surface area contributed by atoms with Crippen molar-refractivity contribution in [3.63, 3.8) is 0 Å². The van der Waals surface area contributed by atoms with Gasteiger partial charge >= 0.3 is 0 Å². The molecule has 2 aliphatic rings. The Morgan fingerprint density at radius 3 is 2.41 bits per heavy atom. The number of carbonyl (C=O) groups excluding carboxylic acids is 2. The quantitative estimate of drug-likeness (QED) is 0.809. The SMILES string of the molecule is CCC1NC(=O)C(C)N(C2(CC)CCC2)C1=O. The molecule has 2 fully saturated rings. The van der Waals surface area contributed by atoms with E-state index in [1.165, 1.54) is 6.42 Å². The van der Waals surface area contributed by atoms with Crippen molar-refractivity contribution >= 4 is 11.8 Å². The lowest BCUT2D eigenvalue weighted by atomic mass is 9.72. The van der Waals surface area contributed by atoms with Gasteiger partial charge < -0.3 is 10.2 Å². The monoisotopic (exact) mass is 238 g/mol. The van der Waals surface area contributed by atoms with Crippen molar-refractivity contribution in [2.75, 3.05) is 0 Å². The predicted molar refractivity (Wildman–Crippen MR) is 65.4 cm³/mol. The molecule has 0 bridgehead atoms. The summed E-state index contributed by atoms with van der Waals surface area (Å²) in [7, 11) is 0. The first-order valence-corrected chi connectivity index (χ1v) is 6.69. The molecule has 4 heteroatoms. The minimum Gasteiger partial charge on any atom is -0.343 e. The van der Waals surface area contributed by atoms with Crippen LogP contribution in [0.5, 0.6) is 0 Å². The minimum absolute atomic E-state index is 0.00354. The second kappa shape index (κ2) is 4.31. The van der Waals surface area contributed by atoms with Gasteiger partial charge in [0.15, 0.2) is 0 Å². The summed E-state index contributed by atoms with van der Waals surface area (Å²) in [5.74, 6) is 0.109. The molecule has 1 aliphatic heterocycles. The standard InChI is InChI=1S/C13H22N2O2/c1-4-10-12(17)15(9(3)11(16)14-10)13(5-2)7-6-8-13/h9-10H,4-8H2,1-3H3,(H,14,16). The van der Waals surface area contributed by atoms with Gasteiger partial charge in [-0.1, -0.05) is 13.8 Å². The summed E-state index contributed by atoms with van der Waals surface area (Å²) in [6, 6.07) is -0.631. The lowest BCUT2D eigenvalue weighted by Crippen LogP contribution is -2.70. The van der Waals surface area contributed by atoms with Crippen LogP contribution in [0.1, 0.15) is 52.9 Å². The van der Waals surface area contributed by atoms with Crippen LogP contribution in [0.3, 0.4) is 0 Å². The van der Waals surface area contributed by atoms with Gasteiger partial charge in [0.25, 0.3) is 0 Å². The van der Waals surface area contributed by atoms with Crippen molar-refractivity contribution < 1.29 is 9.59 Å². The Bertz CT molecular complexity index is 331. The minimum atomic E-state index is -0.317. The Balaban J connectivity index is 2.28. The molecule has 2 unspecified atom stereocenters. The smallest absolute Gasteiger partial charge is 0.246 e. The Labute approximate surface area is 103 Å². The second-order valence-electron chi connectivity index (χ2n) is 5.29. The number of amides is 2. The van der Waals surface area contributed by atoms with E-state index in [9.17, 15) is 9.59 Å². The maximum Gasteiger partial charge on any atom is 0.246 e. The fourth-order valence-corrected chi connectivity index (χ4v) is 3.10. The van der Waals surface area contributed by atoms with E-state index < -0.39 is 0 Å². The van der Waals surface area contributed by atoms with Gasteiger partial charge in [0.05, 0.1) is 0 Å². The molecular weight excluding hydrogens is 216 g/mol. The normalized spacial score (nSPS) is 32.1. The van der Waals surface area contributed by atoms with Crippen LogP contribution in [0.2, 0.25) is 0 Å². The summed E-state index contributed by atoms with van der Waals surface area (Å²) in [6.45, 7) is 5.90. The first-order valence-electron chi connectivity index (χ1n) is 6.69. The Morgan fingerprint density at radius 2 is 2.00 bits per heavy atom. The van der Waals surface area contributed by atoms with Gasteiger partial charge in [0.2, 0.25) is 11.8 Å². The third kappa shape index (κ3) is 1.74. The highest BCUT2D eigenvalue weighted by molar-refractivity contribution is 5.97. The zero-order valence-corrected chi connectivity index (χ0v) is 11.0. The van der Waals surface area contributed by atoms with Crippen molar-refractivity contribution in [1.29, 1.82) is 0 Å². The fourth-order valence-electron chi connectivity index (χ4n) is 3.10. The number of hydrogen-bond acceptors (Lipinski definition) is 2. The molecule has 1 saturated carbocycles. The number of nitrogens with zero attached hydrogens (tertiary/aromatic N) is 1. The number of hydrogen-bond donors (Lipinski definition) is 1. The van der Waals surface area contributed by atoms with Crippen LogP contribution in [0, 0.1) is 0 Å². The topological polar surface area (TPSA) is 49.4 Å². The van der Waals surface area contributed by atoms with Gasteiger partial charge in [-0.05, 0) is 39.0 Å². The van der Waals surface area contributed by atoms with Gasteiger partial charge in [-0.3, -0.25) is 9.59 Å². The molecule has 0 spiro atoms. The molecule has 0 aromatic rings. The van der Waals surface area contributed by atoms with E-state index in [1.54, 1.807) is 0 Å². The number of rotatable bonds is 3. The number of nitrogens with one attached hydrogen (secondary N) is 1. The van der Waals surface area contributed by atoms with Crippen molar-refractivity contribution in [3.8, 4) is 0 Å². The highest BCUT2D eigenvalue weighted by Gasteiger charge is 2.50. The molecule has 0 radical (unpaired) electrons. The molecule has 4 nitrogen and oxygen atoms in total. The molecular formula is C13H22N2O2. The van der Waals surface area contributed by atoms with Crippen molar-refractivity contribution in [2.45, 2.75) is 70.5 Å². The molecule has 0 aromatic heterocycles. The number of piperazine rings is 1. The van der Waals surface area contributed by atoms with Crippen LogP contribution in [-0.4, -0.2) is 34.3 Å². The third-order valence-electron chi connectivity index (χ3n) is 4.48. The summed E-state index contributed by atoms with van der Waals surface area (Å²) in [6.07, 6.45) is 4.88. The Hall–Kier alpha value is -1.06. The molecule has 1 N–H and O–H groups in total. The van der Waals surface area contributed by atoms with Crippen molar-refractivity contribution in [1.82, 2.24) is 10.2 Å². The van der Waals surface area contributed by atoms with E-state index in [0.29, 0.717) is 6.42 Å². The summed E-state index contributed by atoms with van der Waals surface area (Å²) in [4.78, 5) is 26.2. The maximum atomic E-state index is 12.4. The summed E-state index contributed by atoms with van der Waals surface area (Å²) in [5, 5.41) is 2.81. The van der Waals surface area contributed by atoms with Crippen LogP contribution >= 0.6 is 0 Å². The van der Waals surface area contributed by atoms with Crippen molar-refractivity contribution in [2.24, 2.45) is 0 Å². The fraction of sp³-hybridized carbons (Fsp3) is 0.846. The summed E-state index contributed by atoms with van der Waals surface area (Å²) >= 11 is 0. The van der Waals surface area contributed by atoms with Crippen LogP contribution in [0.4, 0.5) is 0 Å². The van der Waals surface area contributed by atoms with Crippen molar-refractivity contribution in [3.05, 3.63) is 0 Å².